The number of nitrogens with zero attached hydrogens (tertiary/aromatic N) is 3. The first kappa shape index (κ1) is 13.8. The highest BCUT2D eigenvalue weighted by Crippen LogP contribution is 2.35. The summed E-state index contributed by atoms with van der Waals surface area (Å²) in [6.45, 7) is 4.17. The molecule has 3 rings (SSSR count). The number of fused-ring (bicyclic) bond motifs is 1. The Balaban J connectivity index is 2.01. The Morgan fingerprint density at radius 2 is 2.19 bits per heavy atom. The van der Waals surface area contributed by atoms with E-state index in [0.29, 0.717) is 6.54 Å². The van der Waals surface area contributed by atoms with Crippen molar-refractivity contribution < 1.29 is 4.79 Å². The maximum absolute atomic E-state index is 11.8. The van der Waals surface area contributed by atoms with E-state index in [9.17, 15) is 4.79 Å². The highest BCUT2D eigenvalue weighted by molar-refractivity contribution is 5.95. The lowest BCUT2D eigenvalue weighted by molar-refractivity contribution is -0.116. The highest BCUT2D eigenvalue weighted by Gasteiger charge is 2.29. The maximum atomic E-state index is 11.8. The van der Waals surface area contributed by atoms with Crippen LogP contribution in [-0.2, 0) is 24.8 Å². The van der Waals surface area contributed by atoms with Crippen LogP contribution < -0.4 is 10.6 Å². The zero-order valence-corrected chi connectivity index (χ0v) is 12.6. The van der Waals surface area contributed by atoms with E-state index in [1.165, 1.54) is 5.56 Å². The minimum atomic E-state index is 0.0947. The third-order valence-corrected chi connectivity index (χ3v) is 4.12. The van der Waals surface area contributed by atoms with Crippen LogP contribution in [0, 0.1) is 0 Å². The van der Waals surface area contributed by atoms with Crippen LogP contribution >= 0.6 is 0 Å². The van der Waals surface area contributed by atoms with E-state index in [1.807, 2.05) is 34.8 Å². The number of benzene rings is 1. The number of hydrogen-bond donors (Lipinski definition) is 1. The van der Waals surface area contributed by atoms with Crippen molar-refractivity contribution in [3.05, 3.63) is 35.5 Å². The Morgan fingerprint density at radius 3 is 2.81 bits per heavy atom. The van der Waals surface area contributed by atoms with E-state index in [0.717, 1.165) is 29.1 Å². The molecule has 21 heavy (non-hydrogen) atoms. The van der Waals surface area contributed by atoms with Crippen LogP contribution in [-0.4, -0.2) is 21.7 Å². The number of carbonyl (C=O) groups is 1. The van der Waals surface area contributed by atoms with Crippen molar-refractivity contribution in [1.82, 2.24) is 9.78 Å². The van der Waals surface area contributed by atoms with Gasteiger partial charge in [-0.2, -0.15) is 5.10 Å². The Hall–Kier alpha value is -2.14. The van der Waals surface area contributed by atoms with Gasteiger partial charge in [-0.3, -0.25) is 9.48 Å². The number of hydrogen-bond acceptors (Lipinski definition) is 3. The van der Waals surface area contributed by atoms with Gasteiger partial charge in [0, 0.05) is 37.8 Å². The van der Waals surface area contributed by atoms with Gasteiger partial charge in [0.15, 0.2) is 0 Å². The molecule has 2 aromatic rings. The second-order valence-electron chi connectivity index (χ2n) is 5.63. The third-order valence-electron chi connectivity index (χ3n) is 4.12. The molecule has 1 atom stereocenters. The molecule has 5 heteroatoms. The zero-order valence-electron chi connectivity index (χ0n) is 12.6. The molecule has 0 spiro atoms. The second-order valence-corrected chi connectivity index (χ2v) is 5.63. The minimum Gasteiger partial charge on any atom is -0.325 e. The van der Waals surface area contributed by atoms with Crippen molar-refractivity contribution in [1.29, 1.82) is 0 Å². The molecular formula is C16H20N4O. The minimum absolute atomic E-state index is 0.0947. The van der Waals surface area contributed by atoms with Gasteiger partial charge in [0.25, 0.3) is 0 Å². The molecule has 5 nitrogen and oxygen atoms in total. The van der Waals surface area contributed by atoms with E-state index in [2.05, 4.69) is 18.1 Å². The first-order valence-electron chi connectivity index (χ1n) is 7.17. The molecule has 0 saturated heterocycles. The Kier molecular flexibility index (Phi) is 3.29. The number of aryl methyl sites for hydroxylation is 1. The molecule has 1 aromatic heterocycles. The van der Waals surface area contributed by atoms with Gasteiger partial charge in [0.2, 0.25) is 5.91 Å². The number of anilines is 1. The highest BCUT2D eigenvalue weighted by atomic mass is 16.2. The van der Waals surface area contributed by atoms with Crippen molar-refractivity contribution in [3.8, 4) is 11.3 Å². The summed E-state index contributed by atoms with van der Waals surface area (Å²) < 4.78 is 1.81. The molecule has 1 aliphatic heterocycles. The number of rotatable bonds is 2. The quantitative estimate of drug-likeness (QED) is 0.915. The molecule has 110 valence electrons. The fourth-order valence-electron chi connectivity index (χ4n) is 3.11. The summed E-state index contributed by atoms with van der Waals surface area (Å²) in [4.78, 5) is 13.6. The van der Waals surface area contributed by atoms with Gasteiger partial charge >= 0.3 is 0 Å². The smallest absolute Gasteiger partial charge is 0.224 e. The summed E-state index contributed by atoms with van der Waals surface area (Å²) in [7, 11) is 1.90. The molecular weight excluding hydrogens is 264 g/mol. The SMILES string of the molecule is CC(=O)N1c2ccc(-c3cc(CN)n(C)n3)cc2CC1C. The summed E-state index contributed by atoms with van der Waals surface area (Å²) >= 11 is 0. The first-order chi connectivity index (χ1) is 10.0. The van der Waals surface area contributed by atoms with E-state index in [-0.39, 0.29) is 11.9 Å². The zero-order chi connectivity index (χ0) is 15.1. The molecule has 1 unspecified atom stereocenters. The maximum Gasteiger partial charge on any atom is 0.224 e. The topological polar surface area (TPSA) is 64.2 Å². The number of amides is 1. The van der Waals surface area contributed by atoms with E-state index >= 15 is 0 Å². The van der Waals surface area contributed by atoms with Gasteiger partial charge in [0.05, 0.1) is 11.4 Å². The van der Waals surface area contributed by atoms with Crippen LogP contribution in [0.25, 0.3) is 11.3 Å². The summed E-state index contributed by atoms with van der Waals surface area (Å²) in [6.07, 6.45) is 0.888. The summed E-state index contributed by atoms with van der Waals surface area (Å²) in [6, 6.07) is 8.42. The van der Waals surface area contributed by atoms with Gasteiger partial charge in [-0.1, -0.05) is 6.07 Å². The second kappa shape index (κ2) is 5.00. The molecule has 1 aromatic carbocycles. The first-order valence-corrected chi connectivity index (χ1v) is 7.17. The van der Waals surface area contributed by atoms with Gasteiger partial charge in [0.1, 0.15) is 0 Å². The van der Waals surface area contributed by atoms with Crippen LogP contribution in [0.15, 0.2) is 24.3 Å². The molecule has 0 aliphatic carbocycles. The molecule has 0 bridgehead atoms. The van der Waals surface area contributed by atoms with Crippen molar-refractivity contribution in [2.24, 2.45) is 12.8 Å². The van der Waals surface area contributed by atoms with Gasteiger partial charge in [-0.05, 0) is 37.1 Å². The molecule has 2 N–H and O–H groups in total. The van der Waals surface area contributed by atoms with E-state index in [4.69, 9.17) is 5.73 Å². The lowest BCUT2D eigenvalue weighted by Crippen LogP contribution is -2.33. The molecule has 0 radical (unpaired) electrons. The number of nitrogens with two attached hydrogens (primary N) is 1. The predicted molar refractivity (Wildman–Crippen MR) is 82.9 cm³/mol. The van der Waals surface area contributed by atoms with Crippen LogP contribution in [0.4, 0.5) is 5.69 Å². The van der Waals surface area contributed by atoms with E-state index in [1.54, 1.807) is 6.92 Å². The van der Waals surface area contributed by atoms with Crippen molar-refractivity contribution in [2.45, 2.75) is 32.9 Å². The van der Waals surface area contributed by atoms with Crippen molar-refractivity contribution in [2.75, 3.05) is 4.90 Å². The Morgan fingerprint density at radius 1 is 1.43 bits per heavy atom. The molecule has 0 saturated carbocycles. The Bertz CT molecular complexity index is 704. The van der Waals surface area contributed by atoms with Crippen molar-refractivity contribution in [3.63, 3.8) is 0 Å². The average Bonchev–Trinajstić information content (AvgIpc) is 2.96. The van der Waals surface area contributed by atoms with Crippen LogP contribution in [0.1, 0.15) is 25.1 Å². The predicted octanol–water partition coefficient (Wildman–Crippen LogP) is 1.84. The van der Waals surface area contributed by atoms with Gasteiger partial charge < -0.3 is 10.6 Å². The van der Waals surface area contributed by atoms with Gasteiger partial charge in [-0.15, -0.1) is 0 Å². The van der Waals surface area contributed by atoms with Crippen LogP contribution in [0.5, 0.6) is 0 Å². The third kappa shape index (κ3) is 2.23. The standard InChI is InChI=1S/C16H20N4O/c1-10-6-13-7-12(4-5-16(13)20(10)11(2)21)15-8-14(9-17)19(3)18-15/h4-5,7-8,10H,6,9,17H2,1-3H3. The summed E-state index contributed by atoms with van der Waals surface area (Å²) in [5.41, 5.74) is 10.9. The summed E-state index contributed by atoms with van der Waals surface area (Å²) in [5.74, 6) is 0.0947. The average molecular weight is 284 g/mol. The number of carbonyl (C=O) groups excluding carboxylic acids is 1. The lowest BCUT2D eigenvalue weighted by atomic mass is 10.0. The van der Waals surface area contributed by atoms with Crippen molar-refractivity contribution >= 4 is 11.6 Å². The molecule has 1 amide bonds. The number of aromatic nitrogens is 2. The normalized spacial score (nSPS) is 17.1. The largest absolute Gasteiger partial charge is 0.325 e. The molecule has 0 fully saturated rings. The fourth-order valence-corrected chi connectivity index (χ4v) is 3.11. The molecule has 1 aliphatic rings. The fraction of sp³-hybridized carbons (Fsp3) is 0.375. The van der Waals surface area contributed by atoms with E-state index < -0.39 is 0 Å². The Labute approximate surface area is 124 Å². The molecule has 2 heterocycles. The summed E-state index contributed by atoms with van der Waals surface area (Å²) in [5, 5.41) is 4.51. The lowest BCUT2D eigenvalue weighted by Gasteiger charge is -2.20. The van der Waals surface area contributed by atoms with Crippen LogP contribution in [0.2, 0.25) is 0 Å². The monoisotopic (exact) mass is 284 g/mol. The van der Waals surface area contributed by atoms with Crippen LogP contribution in [0.3, 0.4) is 0 Å². The van der Waals surface area contributed by atoms with Gasteiger partial charge in [-0.25, -0.2) is 0 Å².